The molecule has 16 heavy (non-hydrogen) atoms. The van der Waals surface area contributed by atoms with Crippen LogP contribution in [0.3, 0.4) is 0 Å². The molecule has 4 nitrogen and oxygen atoms in total. The minimum absolute atomic E-state index is 0.0238. The van der Waals surface area contributed by atoms with Crippen molar-refractivity contribution in [1.29, 1.82) is 0 Å². The van der Waals surface area contributed by atoms with Crippen LogP contribution in [0.25, 0.3) is 0 Å². The van der Waals surface area contributed by atoms with Crippen molar-refractivity contribution >= 4 is 21.8 Å². The van der Waals surface area contributed by atoms with E-state index in [-0.39, 0.29) is 11.7 Å². The lowest BCUT2D eigenvalue weighted by atomic mass is 10.2. The summed E-state index contributed by atoms with van der Waals surface area (Å²) in [5.41, 5.74) is 0.530. The number of halogens is 1. The highest BCUT2D eigenvalue weighted by molar-refractivity contribution is 9.10. The first kappa shape index (κ1) is 11.4. The van der Waals surface area contributed by atoms with E-state index in [9.17, 15) is 9.90 Å². The van der Waals surface area contributed by atoms with Gasteiger partial charge in [0.15, 0.2) is 0 Å². The van der Waals surface area contributed by atoms with Crippen molar-refractivity contribution in [2.45, 2.75) is 0 Å². The van der Waals surface area contributed by atoms with Crippen LogP contribution >= 0.6 is 15.9 Å². The second-order valence-electron chi connectivity index (χ2n) is 3.71. The molecule has 0 aromatic heterocycles. The van der Waals surface area contributed by atoms with Gasteiger partial charge in [0.2, 0.25) is 0 Å². The Hall–Kier alpha value is -1.07. The highest BCUT2D eigenvalue weighted by Crippen LogP contribution is 2.24. The molecule has 1 aliphatic rings. The Kier molecular flexibility index (Phi) is 3.46. The summed E-state index contributed by atoms with van der Waals surface area (Å²) in [6.07, 6.45) is 0. The first-order valence-corrected chi connectivity index (χ1v) is 5.96. The van der Waals surface area contributed by atoms with Crippen molar-refractivity contribution in [1.82, 2.24) is 10.2 Å². The fourth-order valence-corrected chi connectivity index (χ4v) is 1.94. The normalized spacial score (nSPS) is 16.2. The van der Waals surface area contributed by atoms with Gasteiger partial charge in [-0.2, -0.15) is 0 Å². The lowest BCUT2D eigenvalue weighted by molar-refractivity contribution is 0.0735. The summed E-state index contributed by atoms with van der Waals surface area (Å²) in [6, 6.07) is 4.90. The number of aromatic hydroxyl groups is 1. The minimum atomic E-state index is -0.0238. The molecule has 1 aromatic carbocycles. The Morgan fingerprint density at radius 2 is 2.06 bits per heavy atom. The summed E-state index contributed by atoms with van der Waals surface area (Å²) < 4.78 is 0.601. The van der Waals surface area contributed by atoms with E-state index in [0.29, 0.717) is 10.0 Å². The van der Waals surface area contributed by atoms with Gasteiger partial charge in [-0.1, -0.05) is 0 Å². The molecule has 0 aliphatic carbocycles. The van der Waals surface area contributed by atoms with E-state index in [1.165, 1.54) is 6.07 Å². The van der Waals surface area contributed by atoms with Crippen molar-refractivity contribution in [3.63, 3.8) is 0 Å². The summed E-state index contributed by atoms with van der Waals surface area (Å²) in [7, 11) is 0. The second kappa shape index (κ2) is 4.84. The van der Waals surface area contributed by atoms with E-state index in [2.05, 4.69) is 21.2 Å². The van der Waals surface area contributed by atoms with Gasteiger partial charge >= 0.3 is 0 Å². The smallest absolute Gasteiger partial charge is 0.254 e. The van der Waals surface area contributed by atoms with Crippen molar-refractivity contribution in [2.24, 2.45) is 0 Å². The predicted octanol–water partition coefficient (Wildman–Crippen LogP) is 1.20. The van der Waals surface area contributed by atoms with E-state index < -0.39 is 0 Å². The van der Waals surface area contributed by atoms with Crippen LogP contribution in [0.4, 0.5) is 0 Å². The first-order valence-electron chi connectivity index (χ1n) is 5.17. The SMILES string of the molecule is O=C(c1ccc(Br)c(O)c1)N1CCNCC1. The van der Waals surface area contributed by atoms with E-state index in [1.807, 2.05) is 0 Å². The molecule has 1 amide bonds. The average molecular weight is 285 g/mol. The number of piperazine rings is 1. The van der Waals surface area contributed by atoms with Crippen LogP contribution in [-0.4, -0.2) is 42.1 Å². The molecule has 1 aliphatic heterocycles. The van der Waals surface area contributed by atoms with Gasteiger partial charge in [0.1, 0.15) is 5.75 Å². The fraction of sp³-hybridized carbons (Fsp3) is 0.364. The van der Waals surface area contributed by atoms with Crippen LogP contribution in [-0.2, 0) is 0 Å². The second-order valence-corrected chi connectivity index (χ2v) is 4.56. The molecule has 0 unspecified atom stereocenters. The van der Waals surface area contributed by atoms with Crippen LogP contribution in [0.15, 0.2) is 22.7 Å². The third-order valence-corrected chi connectivity index (χ3v) is 3.27. The standard InChI is InChI=1S/C11H13BrN2O2/c12-9-2-1-8(7-10(9)15)11(16)14-5-3-13-4-6-14/h1-2,7,13,15H,3-6H2. The van der Waals surface area contributed by atoms with Gasteiger partial charge in [0.05, 0.1) is 4.47 Å². The van der Waals surface area contributed by atoms with Crippen LogP contribution in [0.2, 0.25) is 0 Å². The average Bonchev–Trinajstić information content (AvgIpc) is 2.33. The molecule has 0 atom stereocenters. The number of phenolic OH excluding ortho intramolecular Hbond substituents is 1. The Morgan fingerprint density at radius 1 is 1.38 bits per heavy atom. The number of amides is 1. The Labute approximate surface area is 102 Å². The number of nitrogens with one attached hydrogen (secondary N) is 1. The van der Waals surface area contributed by atoms with Crippen molar-refractivity contribution in [3.05, 3.63) is 28.2 Å². The molecule has 2 N–H and O–H groups in total. The monoisotopic (exact) mass is 284 g/mol. The van der Waals surface area contributed by atoms with Crippen LogP contribution in [0, 0.1) is 0 Å². The third kappa shape index (κ3) is 2.36. The molecule has 0 bridgehead atoms. The summed E-state index contributed by atoms with van der Waals surface area (Å²) >= 11 is 3.19. The summed E-state index contributed by atoms with van der Waals surface area (Å²) in [5.74, 6) is 0.0743. The zero-order valence-corrected chi connectivity index (χ0v) is 10.3. The zero-order chi connectivity index (χ0) is 11.5. The molecule has 0 saturated carbocycles. The fourth-order valence-electron chi connectivity index (χ4n) is 1.70. The quantitative estimate of drug-likeness (QED) is 0.815. The highest BCUT2D eigenvalue weighted by Gasteiger charge is 2.18. The van der Waals surface area contributed by atoms with Crippen molar-refractivity contribution in [2.75, 3.05) is 26.2 Å². The number of carbonyl (C=O) groups excluding carboxylic acids is 1. The Balaban J connectivity index is 2.16. The van der Waals surface area contributed by atoms with Crippen LogP contribution in [0.1, 0.15) is 10.4 Å². The number of nitrogens with zero attached hydrogens (tertiary/aromatic N) is 1. The third-order valence-electron chi connectivity index (χ3n) is 2.60. The largest absolute Gasteiger partial charge is 0.507 e. The maximum absolute atomic E-state index is 12.0. The predicted molar refractivity (Wildman–Crippen MR) is 64.6 cm³/mol. The van der Waals surface area contributed by atoms with Crippen molar-refractivity contribution in [3.8, 4) is 5.75 Å². The topological polar surface area (TPSA) is 52.6 Å². The molecule has 2 rings (SSSR count). The van der Waals surface area contributed by atoms with Gasteiger partial charge in [-0.15, -0.1) is 0 Å². The van der Waals surface area contributed by atoms with E-state index in [1.54, 1.807) is 17.0 Å². The Morgan fingerprint density at radius 3 is 2.69 bits per heavy atom. The highest BCUT2D eigenvalue weighted by atomic mass is 79.9. The molecule has 1 heterocycles. The molecule has 0 spiro atoms. The number of phenols is 1. The molecular formula is C11H13BrN2O2. The number of hydrogen-bond acceptors (Lipinski definition) is 3. The Bertz CT molecular complexity index is 403. The van der Waals surface area contributed by atoms with E-state index >= 15 is 0 Å². The lowest BCUT2D eigenvalue weighted by Gasteiger charge is -2.27. The van der Waals surface area contributed by atoms with Gasteiger partial charge in [-0.05, 0) is 34.1 Å². The summed E-state index contributed by atoms with van der Waals surface area (Å²) in [5, 5.41) is 12.7. The number of carbonyl (C=O) groups is 1. The number of benzene rings is 1. The van der Waals surface area contributed by atoms with E-state index in [4.69, 9.17) is 0 Å². The molecular weight excluding hydrogens is 272 g/mol. The molecule has 86 valence electrons. The molecule has 5 heteroatoms. The zero-order valence-electron chi connectivity index (χ0n) is 8.74. The first-order chi connectivity index (χ1) is 7.68. The molecule has 1 aromatic rings. The van der Waals surface area contributed by atoms with Gasteiger partial charge < -0.3 is 15.3 Å². The minimum Gasteiger partial charge on any atom is -0.507 e. The molecule has 0 radical (unpaired) electrons. The molecule has 1 saturated heterocycles. The summed E-state index contributed by atoms with van der Waals surface area (Å²) in [6.45, 7) is 3.09. The maximum Gasteiger partial charge on any atom is 0.254 e. The van der Waals surface area contributed by atoms with E-state index in [0.717, 1.165) is 26.2 Å². The maximum atomic E-state index is 12.0. The van der Waals surface area contributed by atoms with Gasteiger partial charge in [-0.25, -0.2) is 0 Å². The van der Waals surface area contributed by atoms with Crippen LogP contribution < -0.4 is 5.32 Å². The van der Waals surface area contributed by atoms with Gasteiger partial charge in [-0.3, -0.25) is 4.79 Å². The van der Waals surface area contributed by atoms with Crippen LogP contribution in [0.5, 0.6) is 5.75 Å². The number of hydrogen-bond donors (Lipinski definition) is 2. The molecule has 1 fully saturated rings. The van der Waals surface area contributed by atoms with Gasteiger partial charge in [0.25, 0.3) is 5.91 Å². The number of rotatable bonds is 1. The van der Waals surface area contributed by atoms with Crippen molar-refractivity contribution < 1.29 is 9.90 Å². The van der Waals surface area contributed by atoms with Gasteiger partial charge in [0, 0.05) is 31.7 Å². The lowest BCUT2D eigenvalue weighted by Crippen LogP contribution is -2.46. The summed E-state index contributed by atoms with van der Waals surface area (Å²) in [4.78, 5) is 13.8.